The highest BCUT2D eigenvalue weighted by Crippen LogP contribution is 2.19. The number of thiazole rings is 1. The van der Waals surface area contributed by atoms with Crippen LogP contribution >= 0.6 is 22.9 Å². The lowest BCUT2D eigenvalue weighted by molar-refractivity contribution is -0.120. The zero-order chi connectivity index (χ0) is 18.5. The van der Waals surface area contributed by atoms with Crippen molar-refractivity contribution in [2.24, 2.45) is 4.99 Å². The highest BCUT2D eigenvalue weighted by atomic mass is 35.5. The number of benzene rings is 2. The van der Waals surface area contributed by atoms with Crippen molar-refractivity contribution in [1.29, 1.82) is 0 Å². The zero-order valence-electron chi connectivity index (χ0n) is 13.9. The van der Waals surface area contributed by atoms with Gasteiger partial charge in [-0.05, 0) is 42.5 Å². The second kappa shape index (κ2) is 8.44. The van der Waals surface area contributed by atoms with E-state index in [1.54, 1.807) is 37.4 Å². The Labute approximate surface area is 158 Å². The first kappa shape index (κ1) is 18.6. The molecular weight excluding hydrogens is 379 g/mol. The first-order chi connectivity index (χ1) is 12.6. The standard InChI is InChI=1S/C18H16ClFN2O3S/c1-24-9-8-22-15-7-4-13(20)10-16(15)26-18(22)21-17(23)11-25-14-5-2-12(19)3-6-14/h2-7,10H,8-9,11H2,1H3. The molecule has 8 heteroatoms. The number of methoxy groups -OCH3 is 1. The molecule has 0 bridgehead atoms. The van der Waals surface area contributed by atoms with Gasteiger partial charge in [-0.15, -0.1) is 0 Å². The summed E-state index contributed by atoms with van der Waals surface area (Å²) in [4.78, 5) is 16.8. The number of nitrogens with zero attached hydrogens (tertiary/aromatic N) is 2. The van der Waals surface area contributed by atoms with Crippen molar-refractivity contribution in [3.05, 3.63) is 58.1 Å². The molecule has 0 aliphatic rings. The van der Waals surface area contributed by atoms with Crippen LogP contribution in [0.5, 0.6) is 5.75 Å². The summed E-state index contributed by atoms with van der Waals surface area (Å²) in [5.41, 5.74) is 0.804. The molecule has 3 aromatic rings. The van der Waals surface area contributed by atoms with Gasteiger partial charge in [0.15, 0.2) is 11.4 Å². The smallest absolute Gasteiger partial charge is 0.286 e. The summed E-state index contributed by atoms with van der Waals surface area (Å²) in [5.74, 6) is -0.233. The fourth-order valence-electron chi connectivity index (χ4n) is 2.35. The van der Waals surface area contributed by atoms with Gasteiger partial charge in [0.25, 0.3) is 5.91 Å². The number of ether oxygens (including phenoxy) is 2. The maximum absolute atomic E-state index is 13.5. The number of carbonyl (C=O) groups is 1. The van der Waals surface area contributed by atoms with Crippen molar-refractivity contribution >= 4 is 39.1 Å². The Morgan fingerprint density at radius 3 is 2.77 bits per heavy atom. The van der Waals surface area contributed by atoms with Gasteiger partial charge in [-0.1, -0.05) is 22.9 Å². The van der Waals surface area contributed by atoms with E-state index < -0.39 is 5.91 Å². The predicted molar refractivity (Wildman–Crippen MR) is 99.2 cm³/mol. The SMILES string of the molecule is COCCn1c(=NC(=O)COc2ccc(Cl)cc2)sc2cc(F)ccc21. The zero-order valence-corrected chi connectivity index (χ0v) is 15.5. The quantitative estimate of drug-likeness (QED) is 0.641. The Morgan fingerprint density at radius 1 is 1.27 bits per heavy atom. The monoisotopic (exact) mass is 394 g/mol. The van der Waals surface area contributed by atoms with Gasteiger partial charge >= 0.3 is 0 Å². The van der Waals surface area contributed by atoms with Crippen LogP contribution in [-0.4, -0.2) is 30.8 Å². The minimum atomic E-state index is -0.432. The molecule has 3 rings (SSSR count). The minimum Gasteiger partial charge on any atom is -0.484 e. The average Bonchev–Trinajstić information content (AvgIpc) is 2.95. The van der Waals surface area contributed by atoms with Crippen LogP contribution in [0.25, 0.3) is 10.2 Å². The van der Waals surface area contributed by atoms with Crippen LogP contribution < -0.4 is 9.54 Å². The van der Waals surface area contributed by atoms with E-state index in [1.807, 2.05) is 4.57 Å². The van der Waals surface area contributed by atoms with E-state index in [0.717, 1.165) is 5.52 Å². The van der Waals surface area contributed by atoms with Crippen molar-refractivity contribution in [3.8, 4) is 5.75 Å². The maximum atomic E-state index is 13.5. The summed E-state index contributed by atoms with van der Waals surface area (Å²) in [6.45, 7) is 0.757. The molecule has 0 atom stereocenters. The highest BCUT2D eigenvalue weighted by Gasteiger charge is 2.09. The van der Waals surface area contributed by atoms with Gasteiger partial charge in [0, 0.05) is 18.7 Å². The minimum absolute atomic E-state index is 0.200. The van der Waals surface area contributed by atoms with E-state index >= 15 is 0 Å². The number of carbonyl (C=O) groups excluding carboxylic acids is 1. The Morgan fingerprint density at radius 2 is 2.04 bits per heavy atom. The van der Waals surface area contributed by atoms with E-state index in [-0.39, 0.29) is 12.4 Å². The molecule has 26 heavy (non-hydrogen) atoms. The maximum Gasteiger partial charge on any atom is 0.286 e. The molecule has 2 aromatic carbocycles. The van der Waals surface area contributed by atoms with Crippen LogP contribution in [-0.2, 0) is 16.1 Å². The van der Waals surface area contributed by atoms with Crippen molar-refractivity contribution in [1.82, 2.24) is 4.57 Å². The summed E-state index contributed by atoms with van der Waals surface area (Å²) in [6, 6.07) is 11.2. The van der Waals surface area contributed by atoms with Gasteiger partial charge in [0.1, 0.15) is 11.6 Å². The van der Waals surface area contributed by atoms with Gasteiger partial charge in [-0.2, -0.15) is 4.99 Å². The molecule has 0 saturated carbocycles. The number of amides is 1. The van der Waals surface area contributed by atoms with Crippen LogP contribution in [0.15, 0.2) is 47.5 Å². The lowest BCUT2D eigenvalue weighted by Crippen LogP contribution is -2.21. The Bertz CT molecular complexity index is 982. The molecule has 1 amide bonds. The molecule has 136 valence electrons. The van der Waals surface area contributed by atoms with Crippen LogP contribution in [0.4, 0.5) is 4.39 Å². The number of halogens is 2. The topological polar surface area (TPSA) is 52.8 Å². The van der Waals surface area contributed by atoms with E-state index in [0.29, 0.717) is 33.4 Å². The molecule has 0 aliphatic carbocycles. The van der Waals surface area contributed by atoms with Crippen LogP contribution in [0.2, 0.25) is 5.02 Å². The molecule has 1 aromatic heterocycles. The summed E-state index contributed by atoms with van der Waals surface area (Å²) in [7, 11) is 1.59. The third kappa shape index (κ3) is 4.49. The number of aromatic nitrogens is 1. The van der Waals surface area contributed by atoms with Gasteiger partial charge in [0.2, 0.25) is 0 Å². The summed E-state index contributed by atoms with van der Waals surface area (Å²) in [5, 5.41) is 0.588. The lowest BCUT2D eigenvalue weighted by atomic mass is 10.3. The number of hydrogen-bond donors (Lipinski definition) is 0. The molecule has 0 fully saturated rings. The Hall–Kier alpha value is -2.22. The average molecular weight is 395 g/mol. The van der Waals surface area contributed by atoms with Crippen LogP contribution in [0.1, 0.15) is 0 Å². The van der Waals surface area contributed by atoms with Gasteiger partial charge in [-0.25, -0.2) is 4.39 Å². The van der Waals surface area contributed by atoms with E-state index in [1.165, 1.54) is 23.5 Å². The molecule has 0 unspecified atom stereocenters. The number of rotatable bonds is 6. The Balaban J connectivity index is 1.84. The summed E-state index contributed by atoms with van der Waals surface area (Å²) >= 11 is 7.06. The molecule has 0 radical (unpaired) electrons. The normalized spacial score (nSPS) is 11.9. The third-order valence-corrected chi connectivity index (χ3v) is 4.85. The number of fused-ring (bicyclic) bond motifs is 1. The van der Waals surface area contributed by atoms with Gasteiger partial charge in [-0.3, -0.25) is 4.79 Å². The molecule has 0 saturated heterocycles. The lowest BCUT2D eigenvalue weighted by Gasteiger charge is -2.05. The third-order valence-electron chi connectivity index (χ3n) is 3.56. The van der Waals surface area contributed by atoms with Crippen LogP contribution in [0.3, 0.4) is 0 Å². The number of hydrogen-bond acceptors (Lipinski definition) is 4. The first-order valence-corrected chi connectivity index (χ1v) is 9.00. The van der Waals surface area contributed by atoms with Gasteiger partial charge < -0.3 is 14.0 Å². The predicted octanol–water partition coefficient (Wildman–Crippen LogP) is 3.65. The summed E-state index contributed by atoms with van der Waals surface area (Å²) in [6.07, 6.45) is 0. The van der Waals surface area contributed by atoms with E-state index in [4.69, 9.17) is 21.1 Å². The van der Waals surface area contributed by atoms with E-state index in [2.05, 4.69) is 4.99 Å². The van der Waals surface area contributed by atoms with Crippen molar-refractivity contribution in [2.45, 2.75) is 6.54 Å². The second-order valence-electron chi connectivity index (χ2n) is 5.39. The van der Waals surface area contributed by atoms with Crippen molar-refractivity contribution < 1.29 is 18.7 Å². The molecule has 0 spiro atoms. The van der Waals surface area contributed by atoms with Crippen molar-refractivity contribution in [2.75, 3.05) is 20.3 Å². The Kier molecular flexibility index (Phi) is 6.03. The highest BCUT2D eigenvalue weighted by molar-refractivity contribution is 7.16. The molecule has 1 heterocycles. The molecule has 0 N–H and O–H groups in total. The van der Waals surface area contributed by atoms with Crippen molar-refractivity contribution in [3.63, 3.8) is 0 Å². The molecular formula is C18H16ClFN2O3S. The fourth-order valence-corrected chi connectivity index (χ4v) is 3.57. The molecule has 0 aliphatic heterocycles. The molecule has 5 nitrogen and oxygen atoms in total. The van der Waals surface area contributed by atoms with E-state index in [9.17, 15) is 9.18 Å². The largest absolute Gasteiger partial charge is 0.484 e. The second-order valence-corrected chi connectivity index (χ2v) is 6.83. The van der Waals surface area contributed by atoms with Gasteiger partial charge in [0.05, 0.1) is 16.8 Å². The van der Waals surface area contributed by atoms with Crippen LogP contribution in [0, 0.1) is 5.82 Å². The fraction of sp³-hybridized carbons (Fsp3) is 0.222. The summed E-state index contributed by atoms with van der Waals surface area (Å²) < 4.78 is 26.6. The first-order valence-electron chi connectivity index (χ1n) is 7.80.